The summed E-state index contributed by atoms with van der Waals surface area (Å²) in [5, 5.41) is 0. The minimum absolute atomic E-state index is 0.247. The number of amides is 2. The molecule has 0 atom stereocenters. The van der Waals surface area contributed by atoms with Gasteiger partial charge in [0.2, 0.25) is 0 Å². The molecule has 138 valence electrons. The molecule has 2 heterocycles. The molecule has 0 N–H and O–H groups in total. The molecule has 0 unspecified atom stereocenters. The van der Waals surface area contributed by atoms with Gasteiger partial charge in [-0.3, -0.25) is 4.79 Å². The lowest BCUT2D eigenvalue weighted by atomic mass is 9.87. The minimum atomic E-state index is -0.825. The summed E-state index contributed by atoms with van der Waals surface area (Å²) >= 11 is 4.49. The molecule has 0 spiro atoms. The number of carbonyl (C=O) groups excluding carboxylic acids is 3. The number of esters is 1. The van der Waals surface area contributed by atoms with Crippen LogP contribution in [0.3, 0.4) is 0 Å². The average Bonchev–Trinajstić information content (AvgIpc) is 2.72. The van der Waals surface area contributed by atoms with Crippen LogP contribution in [0.25, 0.3) is 0 Å². The van der Waals surface area contributed by atoms with Crippen LogP contribution in [-0.2, 0) is 15.9 Å². The second kappa shape index (κ2) is 6.72. The third kappa shape index (κ3) is 3.89. The summed E-state index contributed by atoms with van der Waals surface area (Å²) in [6.07, 6.45) is -0.334. The van der Waals surface area contributed by atoms with Crippen LogP contribution in [0.15, 0.2) is 3.79 Å². The van der Waals surface area contributed by atoms with Gasteiger partial charge in [0.05, 0.1) is 26.4 Å². The van der Waals surface area contributed by atoms with Crippen molar-refractivity contribution in [3.63, 3.8) is 0 Å². The summed E-state index contributed by atoms with van der Waals surface area (Å²) < 4.78 is 11.0. The van der Waals surface area contributed by atoms with E-state index in [1.54, 1.807) is 41.5 Å². The van der Waals surface area contributed by atoms with Crippen LogP contribution in [-0.4, -0.2) is 40.6 Å². The second-order valence-electron chi connectivity index (χ2n) is 7.39. The van der Waals surface area contributed by atoms with Gasteiger partial charge in [-0.15, -0.1) is 11.3 Å². The first-order valence-corrected chi connectivity index (χ1v) is 9.56. The first-order valence-electron chi connectivity index (χ1n) is 7.95. The van der Waals surface area contributed by atoms with Crippen molar-refractivity contribution in [1.29, 1.82) is 0 Å². The molecule has 1 aromatic heterocycles. The van der Waals surface area contributed by atoms with Gasteiger partial charge in [-0.25, -0.2) is 14.5 Å². The minimum Gasteiger partial charge on any atom is -0.462 e. The molecule has 0 radical (unpaired) electrons. The molecule has 1 aliphatic heterocycles. The van der Waals surface area contributed by atoms with Crippen molar-refractivity contribution in [2.75, 3.05) is 6.61 Å². The maximum Gasteiger partial charge on any atom is 0.417 e. The van der Waals surface area contributed by atoms with Crippen LogP contribution in [0.5, 0.6) is 0 Å². The summed E-state index contributed by atoms with van der Waals surface area (Å²) in [5.74, 6) is -0.928. The van der Waals surface area contributed by atoms with E-state index in [1.165, 1.54) is 0 Å². The third-order valence-corrected chi connectivity index (χ3v) is 5.52. The lowest BCUT2D eigenvalue weighted by molar-refractivity contribution is 0.00437. The number of carbonyl (C=O) groups is 3. The fourth-order valence-electron chi connectivity index (χ4n) is 2.71. The van der Waals surface area contributed by atoms with E-state index in [0.717, 1.165) is 16.2 Å². The smallest absolute Gasteiger partial charge is 0.417 e. The molecule has 2 amide bonds. The average molecular weight is 432 g/mol. The highest BCUT2D eigenvalue weighted by Crippen LogP contribution is 2.42. The van der Waals surface area contributed by atoms with Crippen LogP contribution >= 0.6 is 27.3 Å². The van der Waals surface area contributed by atoms with Gasteiger partial charge in [0.1, 0.15) is 5.60 Å². The van der Waals surface area contributed by atoms with E-state index < -0.39 is 29.1 Å². The van der Waals surface area contributed by atoms with Crippen molar-refractivity contribution in [3.05, 3.63) is 19.8 Å². The zero-order chi connectivity index (χ0) is 19.2. The first-order chi connectivity index (χ1) is 11.4. The Morgan fingerprint density at radius 3 is 2.44 bits per heavy atom. The van der Waals surface area contributed by atoms with Gasteiger partial charge >= 0.3 is 12.1 Å². The van der Waals surface area contributed by atoms with Gasteiger partial charge in [0.15, 0.2) is 0 Å². The number of halogens is 1. The van der Waals surface area contributed by atoms with E-state index >= 15 is 0 Å². The Morgan fingerprint density at radius 1 is 1.32 bits per heavy atom. The standard InChI is InChI=1S/C17H22BrNO5S/c1-7-23-14(21)10-9-8-17(5,6)19(15(22)24-16(2,3)4)13(20)11(9)25-12(10)18/h7-8H2,1-6H3. The van der Waals surface area contributed by atoms with Crippen LogP contribution in [0.1, 0.15) is 67.1 Å². The topological polar surface area (TPSA) is 72.9 Å². The summed E-state index contributed by atoms with van der Waals surface area (Å²) in [7, 11) is 0. The molecule has 8 heteroatoms. The predicted molar refractivity (Wildman–Crippen MR) is 98.2 cm³/mol. The van der Waals surface area contributed by atoms with E-state index in [1.807, 2.05) is 0 Å². The quantitative estimate of drug-likeness (QED) is 0.648. The van der Waals surface area contributed by atoms with Crippen molar-refractivity contribution < 1.29 is 23.9 Å². The Kier molecular flexibility index (Phi) is 5.35. The fourth-order valence-corrected chi connectivity index (χ4v) is 4.56. The number of nitrogens with zero attached hydrogens (tertiary/aromatic N) is 1. The van der Waals surface area contributed by atoms with E-state index in [4.69, 9.17) is 9.47 Å². The molecular formula is C17H22BrNO5S. The monoisotopic (exact) mass is 431 g/mol. The van der Waals surface area contributed by atoms with Crippen molar-refractivity contribution in [2.45, 2.75) is 59.1 Å². The summed E-state index contributed by atoms with van der Waals surface area (Å²) in [6, 6.07) is 0. The number of thiophene rings is 1. The molecule has 0 saturated heterocycles. The Balaban J connectivity index is 2.48. The number of hydrogen-bond acceptors (Lipinski definition) is 6. The van der Waals surface area contributed by atoms with Crippen LogP contribution in [0.4, 0.5) is 4.79 Å². The van der Waals surface area contributed by atoms with Crippen molar-refractivity contribution >= 4 is 45.2 Å². The first kappa shape index (κ1) is 19.9. The molecule has 2 rings (SSSR count). The summed E-state index contributed by atoms with van der Waals surface area (Å²) in [4.78, 5) is 39.3. The zero-order valence-electron chi connectivity index (χ0n) is 15.2. The van der Waals surface area contributed by atoms with Gasteiger partial charge in [-0.05, 0) is 69.5 Å². The molecule has 25 heavy (non-hydrogen) atoms. The van der Waals surface area contributed by atoms with E-state index in [2.05, 4.69) is 15.9 Å². The molecule has 0 aromatic carbocycles. The normalized spacial score (nSPS) is 16.4. The maximum atomic E-state index is 13.0. The zero-order valence-corrected chi connectivity index (χ0v) is 17.6. The number of fused-ring (bicyclic) bond motifs is 1. The molecule has 0 bridgehead atoms. The fraction of sp³-hybridized carbons (Fsp3) is 0.588. The van der Waals surface area contributed by atoms with Crippen LogP contribution in [0, 0.1) is 0 Å². The summed E-state index contributed by atoms with van der Waals surface area (Å²) in [6.45, 7) is 10.8. The van der Waals surface area contributed by atoms with E-state index in [0.29, 0.717) is 26.2 Å². The van der Waals surface area contributed by atoms with Crippen molar-refractivity contribution in [1.82, 2.24) is 4.90 Å². The lowest BCUT2D eigenvalue weighted by Gasteiger charge is -2.40. The number of imide groups is 1. The lowest BCUT2D eigenvalue weighted by Crippen LogP contribution is -2.56. The number of hydrogen-bond donors (Lipinski definition) is 0. The Bertz CT molecular complexity index is 732. The molecule has 0 aliphatic carbocycles. The number of rotatable bonds is 2. The molecule has 0 saturated carbocycles. The maximum absolute atomic E-state index is 13.0. The van der Waals surface area contributed by atoms with E-state index in [-0.39, 0.29) is 6.61 Å². The predicted octanol–water partition coefficient (Wildman–Crippen LogP) is 4.40. The SMILES string of the molecule is CCOC(=O)c1c(Br)sc2c1CC(C)(C)N(C(=O)OC(C)(C)C)C2=O. The third-order valence-electron chi connectivity index (χ3n) is 3.63. The number of ether oxygens (including phenoxy) is 2. The van der Waals surface area contributed by atoms with Gasteiger partial charge in [0.25, 0.3) is 5.91 Å². The van der Waals surface area contributed by atoms with Gasteiger partial charge in [-0.1, -0.05) is 0 Å². The van der Waals surface area contributed by atoms with Crippen LogP contribution in [0.2, 0.25) is 0 Å². The Morgan fingerprint density at radius 2 is 1.92 bits per heavy atom. The van der Waals surface area contributed by atoms with Crippen molar-refractivity contribution in [3.8, 4) is 0 Å². The molecule has 1 aliphatic rings. The molecule has 1 aromatic rings. The summed E-state index contributed by atoms with van der Waals surface area (Å²) in [5.41, 5.74) is -0.550. The van der Waals surface area contributed by atoms with Crippen molar-refractivity contribution in [2.24, 2.45) is 0 Å². The highest BCUT2D eigenvalue weighted by molar-refractivity contribution is 9.11. The second-order valence-corrected chi connectivity index (χ2v) is 9.73. The van der Waals surface area contributed by atoms with E-state index in [9.17, 15) is 14.4 Å². The van der Waals surface area contributed by atoms with Gasteiger partial charge in [0, 0.05) is 0 Å². The molecule has 6 nitrogen and oxygen atoms in total. The molecular weight excluding hydrogens is 410 g/mol. The molecule has 0 fully saturated rings. The van der Waals surface area contributed by atoms with Gasteiger partial charge < -0.3 is 9.47 Å². The Labute approximate surface area is 159 Å². The highest BCUT2D eigenvalue weighted by atomic mass is 79.9. The largest absolute Gasteiger partial charge is 0.462 e. The van der Waals surface area contributed by atoms with Gasteiger partial charge in [-0.2, -0.15) is 0 Å². The highest BCUT2D eigenvalue weighted by Gasteiger charge is 2.47. The van der Waals surface area contributed by atoms with Crippen LogP contribution < -0.4 is 0 Å². The Hall–Kier alpha value is -1.41.